The SMILES string of the molecule is CC1([SiH3])CCC1. The molecule has 1 heteroatoms. The Morgan fingerprint density at radius 3 is 1.83 bits per heavy atom. The molecule has 0 bridgehead atoms. The number of hydrogen-bond donors (Lipinski definition) is 0. The van der Waals surface area contributed by atoms with E-state index >= 15 is 0 Å². The Morgan fingerprint density at radius 1 is 1.50 bits per heavy atom. The maximum absolute atomic E-state index is 2.39. The average molecular weight is 100 g/mol. The molecule has 0 N–H and O–H groups in total. The van der Waals surface area contributed by atoms with Gasteiger partial charge in [-0.25, -0.2) is 0 Å². The molecule has 0 amide bonds. The lowest BCUT2D eigenvalue weighted by Crippen LogP contribution is -2.16. The van der Waals surface area contributed by atoms with Crippen molar-refractivity contribution >= 4 is 10.2 Å². The average Bonchev–Trinajstić information content (AvgIpc) is 1.32. The summed E-state index contributed by atoms with van der Waals surface area (Å²) in [5.74, 6) is 0. The van der Waals surface area contributed by atoms with Gasteiger partial charge in [-0.2, -0.15) is 0 Å². The van der Waals surface area contributed by atoms with Crippen LogP contribution in [0.4, 0.5) is 0 Å². The van der Waals surface area contributed by atoms with Crippen LogP contribution in [0.1, 0.15) is 26.2 Å². The summed E-state index contributed by atoms with van der Waals surface area (Å²) in [6.07, 6.45) is 4.53. The van der Waals surface area contributed by atoms with E-state index in [0.29, 0.717) is 0 Å². The zero-order chi connectivity index (χ0) is 4.62. The minimum absolute atomic E-state index is 0.861. The third-order valence-electron chi connectivity index (χ3n) is 1.71. The topological polar surface area (TPSA) is 0 Å². The van der Waals surface area contributed by atoms with Crippen molar-refractivity contribution in [3.05, 3.63) is 0 Å². The molecule has 6 heavy (non-hydrogen) atoms. The molecule has 0 aliphatic heterocycles. The van der Waals surface area contributed by atoms with E-state index in [2.05, 4.69) is 6.92 Å². The lowest BCUT2D eigenvalue weighted by Gasteiger charge is -2.33. The van der Waals surface area contributed by atoms with Gasteiger partial charge in [-0.3, -0.25) is 0 Å². The van der Waals surface area contributed by atoms with Crippen molar-refractivity contribution in [3.8, 4) is 0 Å². The molecule has 1 rings (SSSR count). The van der Waals surface area contributed by atoms with Crippen molar-refractivity contribution in [1.82, 2.24) is 0 Å². The van der Waals surface area contributed by atoms with Gasteiger partial charge in [0.1, 0.15) is 0 Å². The van der Waals surface area contributed by atoms with Crippen molar-refractivity contribution in [2.75, 3.05) is 0 Å². The van der Waals surface area contributed by atoms with Crippen LogP contribution in [-0.2, 0) is 0 Å². The van der Waals surface area contributed by atoms with Gasteiger partial charge in [0.25, 0.3) is 0 Å². The fraction of sp³-hybridized carbons (Fsp3) is 1.00. The Kier molecular flexibility index (Phi) is 0.797. The Bertz CT molecular complexity index is 51.0. The molecule has 0 spiro atoms. The van der Waals surface area contributed by atoms with Crippen LogP contribution < -0.4 is 0 Å². The minimum atomic E-state index is 0.861. The van der Waals surface area contributed by atoms with E-state index in [1.54, 1.807) is 0 Å². The van der Waals surface area contributed by atoms with Crippen LogP contribution in [0.15, 0.2) is 0 Å². The van der Waals surface area contributed by atoms with Gasteiger partial charge in [-0.05, 0) is 5.04 Å². The van der Waals surface area contributed by atoms with E-state index in [4.69, 9.17) is 0 Å². The van der Waals surface area contributed by atoms with E-state index in [9.17, 15) is 0 Å². The molecule has 0 heterocycles. The molecule has 0 unspecified atom stereocenters. The van der Waals surface area contributed by atoms with Gasteiger partial charge < -0.3 is 0 Å². The first-order chi connectivity index (χ1) is 2.71. The largest absolute Gasteiger partial charge is 0.0630 e. The fourth-order valence-corrected chi connectivity index (χ4v) is 1.59. The van der Waals surface area contributed by atoms with Crippen molar-refractivity contribution in [2.24, 2.45) is 0 Å². The highest BCUT2D eigenvalue weighted by Crippen LogP contribution is 2.43. The predicted octanol–water partition coefficient (Wildman–Crippen LogP) is 0.714. The number of hydrogen-bond acceptors (Lipinski definition) is 0. The van der Waals surface area contributed by atoms with Crippen LogP contribution >= 0.6 is 0 Å². The molecule has 1 aliphatic carbocycles. The third-order valence-corrected chi connectivity index (χ3v) is 2.71. The van der Waals surface area contributed by atoms with Crippen LogP contribution in [0.5, 0.6) is 0 Å². The molecule has 1 aliphatic rings. The lowest BCUT2D eigenvalue weighted by atomic mass is 9.86. The molecule has 0 aromatic rings. The first-order valence-corrected chi connectivity index (χ1v) is 3.71. The van der Waals surface area contributed by atoms with Gasteiger partial charge >= 0.3 is 0 Å². The molecule has 36 valence electrons. The van der Waals surface area contributed by atoms with E-state index < -0.39 is 0 Å². The van der Waals surface area contributed by atoms with Gasteiger partial charge in [0.05, 0.1) is 0 Å². The summed E-state index contributed by atoms with van der Waals surface area (Å²) in [4.78, 5) is 0. The summed E-state index contributed by atoms with van der Waals surface area (Å²) >= 11 is 0. The monoisotopic (exact) mass is 100 g/mol. The molecular weight excluding hydrogens is 88.1 g/mol. The Balaban J connectivity index is 2.31. The van der Waals surface area contributed by atoms with Crippen molar-refractivity contribution in [2.45, 2.75) is 31.2 Å². The second kappa shape index (κ2) is 1.09. The zero-order valence-corrected chi connectivity index (χ0v) is 6.62. The Hall–Kier alpha value is 0.217. The summed E-state index contributed by atoms with van der Waals surface area (Å²) in [7, 11) is 1.42. The molecule has 0 aromatic carbocycles. The van der Waals surface area contributed by atoms with Crippen LogP contribution in [0.2, 0.25) is 5.04 Å². The van der Waals surface area contributed by atoms with E-state index in [1.165, 1.54) is 29.5 Å². The summed E-state index contributed by atoms with van der Waals surface area (Å²) in [6, 6.07) is 0. The van der Waals surface area contributed by atoms with Crippen LogP contribution in [0, 0.1) is 0 Å². The summed E-state index contributed by atoms with van der Waals surface area (Å²) in [5, 5.41) is 0.861. The molecule has 0 radical (unpaired) electrons. The second-order valence-corrected chi connectivity index (χ2v) is 5.43. The standard InChI is InChI=1S/C5H12Si/c1-5(6)3-2-4-5/h2-4H2,1,6H3. The fourth-order valence-electron chi connectivity index (χ4n) is 0.884. The maximum Gasteiger partial charge on any atom is 0.0103 e. The van der Waals surface area contributed by atoms with Crippen LogP contribution in [-0.4, -0.2) is 10.2 Å². The smallest absolute Gasteiger partial charge is 0.0103 e. The van der Waals surface area contributed by atoms with E-state index in [1.807, 2.05) is 0 Å². The highest BCUT2D eigenvalue weighted by molar-refractivity contribution is 6.15. The molecule has 0 saturated heterocycles. The Morgan fingerprint density at radius 2 is 1.83 bits per heavy atom. The van der Waals surface area contributed by atoms with Gasteiger partial charge in [0.15, 0.2) is 0 Å². The highest BCUT2D eigenvalue weighted by atomic mass is 28.1. The molecule has 0 nitrogen and oxygen atoms in total. The molecule has 1 fully saturated rings. The minimum Gasteiger partial charge on any atom is -0.0630 e. The normalized spacial score (nSPS) is 29.5. The van der Waals surface area contributed by atoms with Gasteiger partial charge in [-0.15, -0.1) is 0 Å². The van der Waals surface area contributed by atoms with Gasteiger partial charge in [-0.1, -0.05) is 26.2 Å². The van der Waals surface area contributed by atoms with Crippen molar-refractivity contribution < 1.29 is 0 Å². The quantitative estimate of drug-likeness (QED) is 0.393. The Labute approximate surface area is 42.4 Å². The van der Waals surface area contributed by atoms with Crippen LogP contribution in [0.25, 0.3) is 0 Å². The summed E-state index contributed by atoms with van der Waals surface area (Å²) < 4.78 is 0. The molecule has 1 saturated carbocycles. The van der Waals surface area contributed by atoms with E-state index in [0.717, 1.165) is 5.04 Å². The third kappa shape index (κ3) is 0.646. The van der Waals surface area contributed by atoms with Crippen molar-refractivity contribution in [1.29, 1.82) is 0 Å². The highest BCUT2D eigenvalue weighted by Gasteiger charge is 2.24. The van der Waals surface area contributed by atoms with Crippen molar-refractivity contribution in [3.63, 3.8) is 0 Å². The summed E-state index contributed by atoms with van der Waals surface area (Å²) in [6.45, 7) is 2.39. The first-order valence-electron chi connectivity index (χ1n) is 2.71. The number of rotatable bonds is 0. The molecule has 0 aromatic heterocycles. The van der Waals surface area contributed by atoms with E-state index in [-0.39, 0.29) is 0 Å². The molecule has 0 atom stereocenters. The summed E-state index contributed by atoms with van der Waals surface area (Å²) in [5.41, 5.74) is 0. The zero-order valence-electron chi connectivity index (χ0n) is 4.62. The maximum atomic E-state index is 2.39. The lowest BCUT2D eigenvalue weighted by molar-refractivity contribution is 0.370. The molecular formula is C5H12Si. The van der Waals surface area contributed by atoms with Gasteiger partial charge in [0.2, 0.25) is 0 Å². The first kappa shape index (κ1) is 4.38. The van der Waals surface area contributed by atoms with Gasteiger partial charge in [0, 0.05) is 10.2 Å². The van der Waals surface area contributed by atoms with Crippen LogP contribution in [0.3, 0.4) is 0 Å². The predicted molar refractivity (Wildman–Crippen MR) is 32.2 cm³/mol. The second-order valence-electron chi connectivity index (χ2n) is 3.02.